The summed E-state index contributed by atoms with van der Waals surface area (Å²) < 4.78 is 22.4. The Morgan fingerprint density at radius 3 is 2.53 bits per heavy atom. The average Bonchev–Trinajstić information content (AvgIpc) is 2.40. The molecule has 102 valence electrons. The van der Waals surface area contributed by atoms with Gasteiger partial charge in [0.15, 0.2) is 0 Å². The van der Waals surface area contributed by atoms with Gasteiger partial charge in [0.05, 0.1) is 5.75 Å². The van der Waals surface area contributed by atoms with Gasteiger partial charge in [0.2, 0.25) is 0 Å². The molecule has 3 unspecified atom stereocenters. The first-order valence-corrected chi connectivity index (χ1v) is 8.90. The van der Waals surface area contributed by atoms with Gasteiger partial charge in [0, 0.05) is 18.3 Å². The van der Waals surface area contributed by atoms with Gasteiger partial charge in [-0.2, -0.15) is 0 Å². The van der Waals surface area contributed by atoms with Gasteiger partial charge in [-0.3, -0.25) is 0 Å². The first kappa shape index (κ1) is 15.0. The lowest BCUT2D eigenvalue weighted by molar-refractivity contribution is 0.405. The molecule has 0 aromatic carbocycles. The molecule has 1 saturated carbocycles. The third-order valence-electron chi connectivity index (χ3n) is 3.74. The maximum Gasteiger partial charge on any atom is 0.148 e. The molecule has 0 amide bonds. The van der Waals surface area contributed by atoms with E-state index in [0.29, 0.717) is 6.04 Å². The summed E-state index contributed by atoms with van der Waals surface area (Å²) in [7, 11) is -2.86. The highest BCUT2D eigenvalue weighted by Gasteiger charge is 2.20. The molecule has 3 nitrogen and oxygen atoms in total. The fourth-order valence-corrected chi connectivity index (χ4v) is 3.86. The van der Waals surface area contributed by atoms with Gasteiger partial charge < -0.3 is 5.32 Å². The van der Waals surface area contributed by atoms with Crippen LogP contribution in [0.5, 0.6) is 0 Å². The summed E-state index contributed by atoms with van der Waals surface area (Å²) in [6, 6.07) is 0.594. The Morgan fingerprint density at radius 1 is 1.24 bits per heavy atom. The summed E-state index contributed by atoms with van der Waals surface area (Å²) in [6.45, 7) is 4.24. The van der Waals surface area contributed by atoms with Crippen molar-refractivity contribution in [2.45, 2.75) is 64.5 Å². The second-order valence-electron chi connectivity index (χ2n) is 5.64. The van der Waals surface area contributed by atoms with Crippen LogP contribution in [0.1, 0.15) is 52.4 Å². The zero-order chi connectivity index (χ0) is 12.9. The number of rotatable bonds is 5. The molecule has 0 bridgehead atoms. The van der Waals surface area contributed by atoms with Crippen molar-refractivity contribution in [1.29, 1.82) is 0 Å². The highest BCUT2D eigenvalue weighted by Crippen LogP contribution is 2.25. The third-order valence-corrected chi connectivity index (χ3v) is 4.84. The van der Waals surface area contributed by atoms with E-state index in [1.54, 1.807) is 0 Å². The molecule has 1 rings (SSSR count). The Kier molecular flexibility index (Phi) is 5.93. The molecular weight excluding hydrogens is 234 g/mol. The molecule has 0 heterocycles. The van der Waals surface area contributed by atoms with Crippen LogP contribution in [0, 0.1) is 5.92 Å². The Bertz CT molecular complexity index is 313. The van der Waals surface area contributed by atoms with Crippen molar-refractivity contribution >= 4 is 9.84 Å². The van der Waals surface area contributed by atoms with Gasteiger partial charge in [-0.15, -0.1) is 0 Å². The van der Waals surface area contributed by atoms with Crippen molar-refractivity contribution in [1.82, 2.24) is 5.32 Å². The summed E-state index contributed by atoms with van der Waals surface area (Å²) in [5, 5.41) is 3.48. The minimum absolute atomic E-state index is 0.0770. The van der Waals surface area contributed by atoms with E-state index in [9.17, 15) is 8.42 Å². The summed E-state index contributed by atoms with van der Waals surface area (Å²) in [4.78, 5) is 0. The maximum absolute atomic E-state index is 11.2. The molecule has 1 aliphatic carbocycles. The third kappa shape index (κ3) is 6.41. The normalized spacial score (nSPS) is 28.6. The molecule has 0 aromatic rings. The zero-order valence-electron chi connectivity index (χ0n) is 11.4. The van der Waals surface area contributed by atoms with Gasteiger partial charge in [0.1, 0.15) is 9.84 Å². The summed E-state index contributed by atoms with van der Waals surface area (Å²) in [5.74, 6) is 1.13. The molecule has 17 heavy (non-hydrogen) atoms. The van der Waals surface area contributed by atoms with Gasteiger partial charge in [-0.05, 0) is 32.1 Å². The van der Waals surface area contributed by atoms with Crippen LogP contribution >= 0.6 is 0 Å². The molecule has 1 fully saturated rings. The van der Waals surface area contributed by atoms with Crippen LogP contribution in [-0.2, 0) is 9.84 Å². The van der Waals surface area contributed by atoms with Gasteiger partial charge in [-0.1, -0.05) is 26.2 Å². The van der Waals surface area contributed by atoms with E-state index >= 15 is 0 Å². The SMILES string of the molecule is CCC1CCCC(NC(C)CS(C)(=O)=O)CC1. The highest BCUT2D eigenvalue weighted by molar-refractivity contribution is 7.90. The quantitative estimate of drug-likeness (QED) is 0.773. The molecule has 0 aliphatic heterocycles. The van der Waals surface area contributed by atoms with Crippen LogP contribution in [0.4, 0.5) is 0 Å². The van der Waals surface area contributed by atoms with Gasteiger partial charge in [-0.25, -0.2) is 8.42 Å². The van der Waals surface area contributed by atoms with E-state index < -0.39 is 9.84 Å². The molecule has 1 N–H and O–H groups in total. The number of hydrogen-bond donors (Lipinski definition) is 1. The Labute approximate surface area is 106 Å². The Morgan fingerprint density at radius 2 is 1.94 bits per heavy atom. The molecule has 0 saturated heterocycles. The molecule has 4 heteroatoms. The van der Waals surface area contributed by atoms with E-state index in [1.165, 1.54) is 44.8 Å². The number of sulfone groups is 1. The van der Waals surface area contributed by atoms with Crippen molar-refractivity contribution < 1.29 is 8.42 Å². The molecule has 1 aliphatic rings. The Hall–Kier alpha value is -0.0900. The standard InChI is InChI=1S/C13H27NO2S/c1-4-12-6-5-7-13(9-8-12)14-11(2)10-17(3,15)16/h11-14H,4-10H2,1-3H3. The van der Waals surface area contributed by atoms with E-state index in [4.69, 9.17) is 0 Å². The average molecular weight is 261 g/mol. The molecule has 0 spiro atoms. The molecule has 0 radical (unpaired) electrons. The van der Waals surface area contributed by atoms with Crippen molar-refractivity contribution in [2.75, 3.05) is 12.0 Å². The van der Waals surface area contributed by atoms with E-state index in [0.717, 1.165) is 5.92 Å². The van der Waals surface area contributed by atoms with Crippen molar-refractivity contribution in [3.8, 4) is 0 Å². The smallest absolute Gasteiger partial charge is 0.148 e. The van der Waals surface area contributed by atoms with E-state index in [1.807, 2.05) is 6.92 Å². The topological polar surface area (TPSA) is 46.2 Å². The second-order valence-corrected chi connectivity index (χ2v) is 7.82. The number of hydrogen-bond acceptors (Lipinski definition) is 3. The fourth-order valence-electron chi connectivity index (χ4n) is 2.86. The lowest BCUT2D eigenvalue weighted by Gasteiger charge is -2.21. The maximum atomic E-state index is 11.2. The van der Waals surface area contributed by atoms with Crippen LogP contribution in [0.3, 0.4) is 0 Å². The zero-order valence-corrected chi connectivity index (χ0v) is 12.2. The highest BCUT2D eigenvalue weighted by atomic mass is 32.2. The predicted octanol–water partition coefficient (Wildman–Crippen LogP) is 2.37. The van der Waals surface area contributed by atoms with Crippen LogP contribution in [0.25, 0.3) is 0 Å². The van der Waals surface area contributed by atoms with Crippen LogP contribution in [-0.4, -0.2) is 32.5 Å². The summed E-state index contributed by atoms with van der Waals surface area (Å²) in [6.07, 6.45) is 8.91. The molecule has 3 atom stereocenters. The first-order chi connectivity index (χ1) is 7.90. The summed E-state index contributed by atoms with van der Waals surface area (Å²) in [5.41, 5.74) is 0. The van der Waals surface area contributed by atoms with Crippen molar-refractivity contribution in [2.24, 2.45) is 5.92 Å². The lowest BCUT2D eigenvalue weighted by Crippen LogP contribution is -2.40. The fraction of sp³-hybridized carbons (Fsp3) is 1.00. The van der Waals surface area contributed by atoms with E-state index in [-0.39, 0.29) is 11.8 Å². The molecule has 0 aromatic heterocycles. The predicted molar refractivity (Wildman–Crippen MR) is 73.0 cm³/mol. The van der Waals surface area contributed by atoms with Crippen LogP contribution in [0.15, 0.2) is 0 Å². The van der Waals surface area contributed by atoms with Crippen molar-refractivity contribution in [3.63, 3.8) is 0 Å². The lowest BCUT2D eigenvalue weighted by atomic mass is 9.98. The number of nitrogens with one attached hydrogen (secondary N) is 1. The monoisotopic (exact) mass is 261 g/mol. The second kappa shape index (κ2) is 6.74. The Balaban J connectivity index is 2.36. The van der Waals surface area contributed by atoms with Gasteiger partial charge >= 0.3 is 0 Å². The van der Waals surface area contributed by atoms with Crippen molar-refractivity contribution in [3.05, 3.63) is 0 Å². The largest absolute Gasteiger partial charge is 0.310 e. The summed E-state index contributed by atoms with van der Waals surface area (Å²) >= 11 is 0. The first-order valence-electron chi connectivity index (χ1n) is 6.84. The van der Waals surface area contributed by atoms with E-state index in [2.05, 4.69) is 12.2 Å². The van der Waals surface area contributed by atoms with Crippen LogP contribution in [0.2, 0.25) is 0 Å². The minimum Gasteiger partial charge on any atom is -0.310 e. The minimum atomic E-state index is -2.86. The van der Waals surface area contributed by atoms with Crippen LogP contribution < -0.4 is 5.32 Å². The molecular formula is C13H27NO2S. The van der Waals surface area contributed by atoms with Gasteiger partial charge in [0.25, 0.3) is 0 Å².